The van der Waals surface area contributed by atoms with Crippen LogP contribution in [0.15, 0.2) is 18.6 Å². The van der Waals surface area contributed by atoms with Gasteiger partial charge in [-0.25, -0.2) is 4.98 Å². The Labute approximate surface area is 105 Å². The second kappa shape index (κ2) is 6.46. The molecule has 0 aliphatic rings. The predicted molar refractivity (Wildman–Crippen MR) is 67.8 cm³/mol. The normalized spacial score (nSPS) is 10.9. The van der Waals surface area contributed by atoms with E-state index in [4.69, 9.17) is 0 Å². The van der Waals surface area contributed by atoms with E-state index in [1.54, 1.807) is 17.5 Å². The largest absolute Gasteiger partial charge is 0.312 e. The Kier molecular flexibility index (Phi) is 4.63. The molecule has 0 fully saturated rings. The summed E-state index contributed by atoms with van der Waals surface area (Å²) in [6.45, 7) is 4.94. The molecule has 1 N–H and O–H groups in total. The fourth-order valence-corrected chi connectivity index (χ4v) is 2.35. The summed E-state index contributed by atoms with van der Waals surface area (Å²) in [5.74, 6) is 0. The quantitative estimate of drug-likeness (QED) is 0.757. The average molecular weight is 251 g/mol. The van der Waals surface area contributed by atoms with Gasteiger partial charge in [0.1, 0.15) is 0 Å². The van der Waals surface area contributed by atoms with Gasteiger partial charge in [0.15, 0.2) is 0 Å². The third kappa shape index (κ3) is 3.90. The standard InChI is InChI=1S/C11H17N5S/c1-2-11-13-9-10(17-11)8-12-4-3-6-16-7-5-14-15-16/h5,7,9,12H,2-4,6,8H2,1H3. The number of aromatic nitrogens is 4. The molecule has 0 spiro atoms. The number of hydrogen-bond acceptors (Lipinski definition) is 5. The molecule has 0 radical (unpaired) electrons. The summed E-state index contributed by atoms with van der Waals surface area (Å²) in [7, 11) is 0. The second-order valence-electron chi connectivity index (χ2n) is 3.77. The summed E-state index contributed by atoms with van der Waals surface area (Å²) < 4.78 is 1.85. The lowest BCUT2D eigenvalue weighted by molar-refractivity contribution is 0.531. The Balaban J connectivity index is 1.60. The van der Waals surface area contributed by atoms with Crippen molar-refractivity contribution < 1.29 is 0 Å². The molecular weight excluding hydrogens is 234 g/mol. The molecule has 0 aliphatic heterocycles. The zero-order chi connectivity index (χ0) is 11.9. The van der Waals surface area contributed by atoms with Gasteiger partial charge in [0, 0.05) is 30.4 Å². The fourth-order valence-electron chi connectivity index (χ4n) is 1.52. The Morgan fingerprint density at radius 2 is 2.41 bits per heavy atom. The fraction of sp³-hybridized carbons (Fsp3) is 0.545. The van der Waals surface area contributed by atoms with E-state index in [2.05, 4.69) is 27.5 Å². The minimum absolute atomic E-state index is 0.912. The first-order chi connectivity index (χ1) is 8.38. The van der Waals surface area contributed by atoms with Crippen LogP contribution in [-0.4, -0.2) is 26.5 Å². The van der Waals surface area contributed by atoms with E-state index in [1.807, 2.05) is 17.1 Å². The molecular formula is C11H17N5S. The number of nitrogens with zero attached hydrogens (tertiary/aromatic N) is 4. The van der Waals surface area contributed by atoms with E-state index in [0.29, 0.717) is 0 Å². The summed E-state index contributed by atoms with van der Waals surface area (Å²) >= 11 is 1.79. The molecule has 2 heterocycles. The zero-order valence-electron chi connectivity index (χ0n) is 9.96. The van der Waals surface area contributed by atoms with Crippen molar-refractivity contribution in [3.8, 4) is 0 Å². The molecule has 0 bridgehead atoms. The van der Waals surface area contributed by atoms with Crippen LogP contribution < -0.4 is 5.32 Å². The highest BCUT2D eigenvalue weighted by Gasteiger charge is 1.99. The Morgan fingerprint density at radius 1 is 1.47 bits per heavy atom. The molecule has 0 saturated heterocycles. The lowest BCUT2D eigenvalue weighted by Crippen LogP contribution is -2.16. The van der Waals surface area contributed by atoms with Crippen molar-refractivity contribution in [1.29, 1.82) is 0 Å². The van der Waals surface area contributed by atoms with Crippen LogP contribution in [0.2, 0.25) is 0 Å². The van der Waals surface area contributed by atoms with Crippen molar-refractivity contribution in [2.45, 2.75) is 32.9 Å². The first-order valence-electron chi connectivity index (χ1n) is 5.87. The maximum Gasteiger partial charge on any atom is 0.0925 e. The number of thiazole rings is 1. The van der Waals surface area contributed by atoms with E-state index in [9.17, 15) is 0 Å². The molecule has 2 aromatic heterocycles. The third-order valence-corrected chi connectivity index (χ3v) is 3.56. The molecule has 0 aromatic carbocycles. The molecule has 0 atom stereocenters. The van der Waals surface area contributed by atoms with E-state index < -0.39 is 0 Å². The minimum Gasteiger partial charge on any atom is -0.312 e. The van der Waals surface area contributed by atoms with Crippen molar-refractivity contribution in [3.63, 3.8) is 0 Å². The highest BCUT2D eigenvalue weighted by Crippen LogP contribution is 2.12. The van der Waals surface area contributed by atoms with Crippen LogP contribution >= 0.6 is 11.3 Å². The van der Waals surface area contributed by atoms with E-state index in [-0.39, 0.29) is 0 Å². The summed E-state index contributed by atoms with van der Waals surface area (Å²) in [4.78, 5) is 5.64. The Morgan fingerprint density at radius 3 is 3.12 bits per heavy atom. The molecule has 0 unspecified atom stereocenters. The van der Waals surface area contributed by atoms with Gasteiger partial charge in [-0.1, -0.05) is 12.1 Å². The van der Waals surface area contributed by atoms with Crippen LogP contribution in [0.3, 0.4) is 0 Å². The highest BCUT2D eigenvalue weighted by atomic mass is 32.1. The predicted octanol–water partition coefficient (Wildman–Crippen LogP) is 1.48. The SMILES string of the molecule is CCc1ncc(CNCCCn2ccnn2)s1. The van der Waals surface area contributed by atoms with Gasteiger partial charge in [-0.2, -0.15) is 0 Å². The molecule has 0 amide bonds. The summed E-state index contributed by atoms with van der Waals surface area (Å²) in [5.41, 5.74) is 0. The van der Waals surface area contributed by atoms with Crippen LogP contribution in [0, 0.1) is 0 Å². The summed E-state index contributed by atoms with van der Waals surface area (Å²) in [6.07, 6.45) is 7.64. The topological polar surface area (TPSA) is 55.6 Å². The number of nitrogens with one attached hydrogen (secondary N) is 1. The van der Waals surface area contributed by atoms with Crippen molar-refractivity contribution in [1.82, 2.24) is 25.3 Å². The molecule has 2 aromatic rings. The van der Waals surface area contributed by atoms with Gasteiger partial charge in [0.2, 0.25) is 0 Å². The van der Waals surface area contributed by atoms with Crippen LogP contribution in [0.5, 0.6) is 0 Å². The summed E-state index contributed by atoms with van der Waals surface area (Å²) in [5, 5.41) is 12.3. The van der Waals surface area contributed by atoms with Crippen LogP contribution in [0.1, 0.15) is 23.2 Å². The molecule has 92 valence electrons. The summed E-state index contributed by atoms with van der Waals surface area (Å²) in [6, 6.07) is 0. The third-order valence-electron chi connectivity index (χ3n) is 2.42. The van der Waals surface area contributed by atoms with E-state index >= 15 is 0 Å². The second-order valence-corrected chi connectivity index (χ2v) is 4.97. The van der Waals surface area contributed by atoms with Gasteiger partial charge in [0.25, 0.3) is 0 Å². The smallest absolute Gasteiger partial charge is 0.0925 e. The number of hydrogen-bond donors (Lipinski definition) is 1. The Bertz CT molecular complexity index is 423. The van der Waals surface area contributed by atoms with Gasteiger partial charge in [-0.15, -0.1) is 16.4 Å². The number of rotatable bonds is 7. The first kappa shape index (κ1) is 12.2. The van der Waals surface area contributed by atoms with Crippen molar-refractivity contribution >= 4 is 11.3 Å². The van der Waals surface area contributed by atoms with Crippen LogP contribution in [0.4, 0.5) is 0 Å². The van der Waals surface area contributed by atoms with Crippen LogP contribution in [-0.2, 0) is 19.5 Å². The van der Waals surface area contributed by atoms with Crippen molar-refractivity contribution in [2.75, 3.05) is 6.54 Å². The van der Waals surface area contributed by atoms with Gasteiger partial charge in [0.05, 0.1) is 11.2 Å². The lowest BCUT2D eigenvalue weighted by Gasteiger charge is -2.02. The van der Waals surface area contributed by atoms with Gasteiger partial charge in [-0.3, -0.25) is 4.68 Å². The van der Waals surface area contributed by atoms with Crippen molar-refractivity contribution in [3.05, 3.63) is 28.5 Å². The molecule has 6 heteroatoms. The van der Waals surface area contributed by atoms with E-state index in [1.165, 1.54) is 9.88 Å². The molecule has 17 heavy (non-hydrogen) atoms. The van der Waals surface area contributed by atoms with Crippen molar-refractivity contribution in [2.24, 2.45) is 0 Å². The van der Waals surface area contributed by atoms with Gasteiger partial charge in [-0.05, 0) is 19.4 Å². The molecule has 0 aliphatic carbocycles. The maximum atomic E-state index is 4.33. The van der Waals surface area contributed by atoms with Gasteiger partial charge >= 0.3 is 0 Å². The zero-order valence-corrected chi connectivity index (χ0v) is 10.8. The van der Waals surface area contributed by atoms with Crippen LogP contribution in [0.25, 0.3) is 0 Å². The molecule has 0 saturated carbocycles. The minimum atomic E-state index is 0.912. The number of aryl methyl sites for hydroxylation is 2. The Hall–Kier alpha value is -1.27. The highest BCUT2D eigenvalue weighted by molar-refractivity contribution is 7.11. The molecule has 2 rings (SSSR count). The average Bonchev–Trinajstić information content (AvgIpc) is 2.99. The van der Waals surface area contributed by atoms with Gasteiger partial charge < -0.3 is 5.32 Å². The monoisotopic (exact) mass is 251 g/mol. The lowest BCUT2D eigenvalue weighted by atomic mass is 10.4. The van der Waals surface area contributed by atoms with E-state index in [0.717, 1.165) is 32.5 Å². The maximum absolute atomic E-state index is 4.33. The first-order valence-corrected chi connectivity index (χ1v) is 6.68. The molecule has 5 nitrogen and oxygen atoms in total.